The molecule has 2 aliphatic rings. The number of nitrogens with zero attached hydrogens (tertiary/aromatic N) is 5. The summed E-state index contributed by atoms with van der Waals surface area (Å²) in [5, 5.41) is 10.2. The van der Waals surface area contributed by atoms with Crippen molar-refractivity contribution in [3.63, 3.8) is 0 Å². The number of ether oxygens (including phenoxy) is 1. The van der Waals surface area contributed by atoms with Crippen LogP contribution in [0.2, 0.25) is 0 Å². The summed E-state index contributed by atoms with van der Waals surface area (Å²) >= 11 is 0. The fourth-order valence-electron chi connectivity index (χ4n) is 4.20. The summed E-state index contributed by atoms with van der Waals surface area (Å²) in [7, 11) is 0. The molecule has 0 spiro atoms. The van der Waals surface area contributed by atoms with E-state index in [1.807, 2.05) is 49.4 Å². The van der Waals surface area contributed by atoms with Crippen molar-refractivity contribution in [2.75, 3.05) is 19.6 Å². The molecule has 2 heterocycles. The number of carbonyl (C=O) groups is 2. The number of carbonyl (C=O) groups excluding carboxylic acids is 2. The van der Waals surface area contributed by atoms with Gasteiger partial charge in [-0.1, -0.05) is 41.6 Å². The maximum Gasteiger partial charge on any atom is 0.338 e. The number of nitrogens with two attached hydrogens (primary N) is 1. The van der Waals surface area contributed by atoms with Gasteiger partial charge in [-0.3, -0.25) is 4.79 Å². The molecule has 0 atom stereocenters. The molecule has 10 nitrogen and oxygen atoms in total. The van der Waals surface area contributed by atoms with Gasteiger partial charge in [-0.15, -0.1) is 5.11 Å². The van der Waals surface area contributed by atoms with Crippen molar-refractivity contribution in [3.8, 4) is 11.1 Å². The second-order valence-corrected chi connectivity index (χ2v) is 8.31. The monoisotopic (exact) mass is 474 g/mol. The van der Waals surface area contributed by atoms with Crippen molar-refractivity contribution in [2.45, 2.75) is 32.8 Å². The van der Waals surface area contributed by atoms with Gasteiger partial charge in [0.25, 0.3) is 0 Å². The summed E-state index contributed by atoms with van der Waals surface area (Å²) < 4.78 is 5.10. The highest BCUT2D eigenvalue weighted by atomic mass is 16.5. The van der Waals surface area contributed by atoms with Gasteiger partial charge in [0, 0.05) is 36.2 Å². The molecule has 35 heavy (non-hydrogen) atoms. The van der Waals surface area contributed by atoms with Crippen LogP contribution in [-0.2, 0) is 16.1 Å². The van der Waals surface area contributed by atoms with Gasteiger partial charge in [-0.2, -0.15) is 4.91 Å². The number of hydrogen-bond acceptors (Lipinski definition) is 8. The van der Waals surface area contributed by atoms with E-state index in [1.165, 1.54) is 0 Å². The summed E-state index contributed by atoms with van der Waals surface area (Å²) in [4.78, 5) is 42.2. The molecule has 180 valence electrons. The van der Waals surface area contributed by atoms with Gasteiger partial charge in [0.05, 0.1) is 17.8 Å². The summed E-state index contributed by atoms with van der Waals surface area (Å²) in [6, 6.07) is 11.3. The van der Waals surface area contributed by atoms with Gasteiger partial charge >= 0.3 is 5.97 Å². The van der Waals surface area contributed by atoms with E-state index in [1.54, 1.807) is 4.90 Å². The molecule has 0 saturated heterocycles. The van der Waals surface area contributed by atoms with Crippen LogP contribution in [0.25, 0.3) is 17.2 Å². The topological polar surface area (TPSA) is 139 Å². The van der Waals surface area contributed by atoms with Crippen molar-refractivity contribution in [1.29, 1.82) is 0 Å². The highest BCUT2D eigenvalue weighted by molar-refractivity contribution is 6.06. The maximum atomic E-state index is 13.4. The second-order valence-electron chi connectivity index (χ2n) is 8.31. The maximum absolute atomic E-state index is 13.4. The van der Waals surface area contributed by atoms with Crippen LogP contribution in [0.1, 0.15) is 47.7 Å². The SMILES string of the molecule is CCCN(CCCN=O)C(=O)C1=Cc2ccc(-c3ccc4c(c3)C(=O)OC4)cc2N=C(N=NN)C1. The van der Waals surface area contributed by atoms with E-state index in [0.29, 0.717) is 48.8 Å². The molecule has 0 unspecified atom stereocenters. The van der Waals surface area contributed by atoms with Gasteiger partial charge < -0.3 is 15.5 Å². The first-order valence-corrected chi connectivity index (χ1v) is 11.5. The number of hydrogen-bond donors (Lipinski definition) is 1. The van der Waals surface area contributed by atoms with Gasteiger partial charge in [0.1, 0.15) is 6.61 Å². The van der Waals surface area contributed by atoms with Crippen LogP contribution in [0.3, 0.4) is 0 Å². The average molecular weight is 475 g/mol. The molecule has 0 radical (unpaired) electrons. The average Bonchev–Trinajstić information content (AvgIpc) is 3.13. The summed E-state index contributed by atoms with van der Waals surface area (Å²) in [6.45, 7) is 3.44. The van der Waals surface area contributed by atoms with E-state index in [-0.39, 0.29) is 24.8 Å². The Bertz CT molecular complexity index is 1250. The van der Waals surface area contributed by atoms with Crippen LogP contribution in [0.4, 0.5) is 5.69 Å². The predicted molar refractivity (Wildman–Crippen MR) is 132 cm³/mol. The molecular weight excluding hydrogens is 448 g/mol. The van der Waals surface area contributed by atoms with E-state index in [0.717, 1.165) is 28.7 Å². The van der Waals surface area contributed by atoms with Crippen molar-refractivity contribution in [1.82, 2.24) is 4.90 Å². The number of aliphatic imine (C=N–C) groups is 1. The van der Waals surface area contributed by atoms with Gasteiger partial charge in [-0.25, -0.2) is 9.79 Å². The van der Waals surface area contributed by atoms with Gasteiger partial charge in [-0.05, 0) is 42.2 Å². The quantitative estimate of drug-likeness (QED) is 0.149. The molecular formula is C25H26N6O4. The lowest BCUT2D eigenvalue weighted by Crippen LogP contribution is -2.34. The highest BCUT2D eigenvalue weighted by Gasteiger charge is 2.24. The van der Waals surface area contributed by atoms with E-state index in [2.05, 4.69) is 20.5 Å². The molecule has 0 aliphatic carbocycles. The number of rotatable bonds is 8. The van der Waals surface area contributed by atoms with E-state index in [4.69, 9.17) is 10.6 Å². The lowest BCUT2D eigenvalue weighted by Gasteiger charge is -2.23. The molecule has 2 N–H and O–H groups in total. The summed E-state index contributed by atoms with van der Waals surface area (Å²) in [6.07, 6.45) is 3.26. The molecule has 2 aromatic rings. The number of esters is 1. The first-order chi connectivity index (χ1) is 17.0. The highest BCUT2D eigenvalue weighted by Crippen LogP contribution is 2.34. The molecule has 0 aromatic heterocycles. The smallest absolute Gasteiger partial charge is 0.338 e. The Morgan fingerprint density at radius 2 is 1.97 bits per heavy atom. The number of amides is 1. The molecule has 0 bridgehead atoms. The molecule has 2 aromatic carbocycles. The van der Waals surface area contributed by atoms with Crippen LogP contribution < -0.4 is 5.84 Å². The lowest BCUT2D eigenvalue weighted by atomic mass is 9.98. The van der Waals surface area contributed by atoms with E-state index >= 15 is 0 Å². The van der Waals surface area contributed by atoms with Gasteiger partial charge in [0.15, 0.2) is 5.84 Å². The Labute approximate surface area is 202 Å². The second kappa shape index (κ2) is 10.8. The molecule has 0 saturated carbocycles. The van der Waals surface area contributed by atoms with Crippen LogP contribution in [0.15, 0.2) is 62.5 Å². The minimum atomic E-state index is -0.327. The molecule has 2 aliphatic heterocycles. The normalized spacial score (nSPS) is 14.5. The lowest BCUT2D eigenvalue weighted by molar-refractivity contribution is -0.127. The standard InChI is InChI=1S/C25H26N6O4/c1-2-9-31(10-3-8-27-34)24(32)20-11-18-6-4-17(13-22(18)28-23(14-20)29-30-26)16-5-7-19-15-35-25(33)21(19)12-16/h4-7,11-13H,2-3,8-10,14-15H2,1H3,(H2,26,28,29). The third kappa shape index (κ3) is 5.32. The Morgan fingerprint density at radius 3 is 2.74 bits per heavy atom. The summed E-state index contributed by atoms with van der Waals surface area (Å²) in [5.74, 6) is 5.14. The Balaban J connectivity index is 1.70. The number of amidine groups is 1. The van der Waals surface area contributed by atoms with Crippen molar-refractivity contribution in [2.24, 2.45) is 26.3 Å². The van der Waals surface area contributed by atoms with E-state index < -0.39 is 0 Å². The predicted octanol–water partition coefficient (Wildman–Crippen LogP) is 4.56. The minimum Gasteiger partial charge on any atom is -0.457 e. The fraction of sp³-hybridized carbons (Fsp3) is 0.320. The molecule has 4 rings (SSSR count). The molecule has 10 heteroatoms. The number of fused-ring (bicyclic) bond motifs is 2. The van der Waals surface area contributed by atoms with Crippen LogP contribution in [0, 0.1) is 4.91 Å². The Hall–Kier alpha value is -4.21. The molecule has 0 fully saturated rings. The van der Waals surface area contributed by atoms with Crippen molar-refractivity contribution < 1.29 is 14.3 Å². The zero-order valence-electron chi connectivity index (χ0n) is 19.4. The van der Waals surface area contributed by atoms with Crippen molar-refractivity contribution >= 4 is 29.5 Å². The zero-order chi connectivity index (χ0) is 24.8. The fourth-order valence-corrected chi connectivity index (χ4v) is 4.20. The zero-order valence-corrected chi connectivity index (χ0v) is 19.4. The van der Waals surface area contributed by atoms with Crippen LogP contribution >= 0.6 is 0 Å². The van der Waals surface area contributed by atoms with Crippen molar-refractivity contribution in [3.05, 3.63) is 63.6 Å². The molecule has 1 amide bonds. The third-order valence-electron chi connectivity index (χ3n) is 5.89. The van der Waals surface area contributed by atoms with Crippen LogP contribution in [-0.4, -0.2) is 42.2 Å². The first-order valence-electron chi connectivity index (χ1n) is 11.5. The minimum absolute atomic E-state index is 0.147. The largest absolute Gasteiger partial charge is 0.457 e. The Kier molecular flexibility index (Phi) is 7.39. The summed E-state index contributed by atoms with van der Waals surface area (Å²) in [5.41, 5.74) is 5.02. The van der Waals surface area contributed by atoms with Gasteiger partial charge in [0.2, 0.25) is 5.91 Å². The third-order valence-corrected chi connectivity index (χ3v) is 5.89. The first kappa shape index (κ1) is 23.9. The number of nitroso groups, excluding NO2 is 1. The van der Waals surface area contributed by atoms with Crippen LogP contribution in [0.5, 0.6) is 0 Å². The number of cyclic esters (lactones) is 1. The number of benzene rings is 2. The van der Waals surface area contributed by atoms with E-state index in [9.17, 15) is 14.5 Å². The Morgan fingerprint density at radius 1 is 1.17 bits per heavy atom.